The molecule has 0 aliphatic carbocycles. The largest absolute Gasteiger partial charge is 0.487 e. The Morgan fingerprint density at radius 2 is 1.36 bits per heavy atom. The minimum Gasteiger partial charge on any atom is -0.487 e. The zero-order valence-electron chi connectivity index (χ0n) is 57.7. The van der Waals surface area contributed by atoms with Crippen LogP contribution in [0.2, 0.25) is 0 Å². The Bertz CT molecular complexity index is 3830. The van der Waals surface area contributed by atoms with Crippen molar-refractivity contribution in [3.63, 3.8) is 0 Å². The summed E-state index contributed by atoms with van der Waals surface area (Å²) in [6, 6.07) is 6.96. The lowest BCUT2D eigenvalue weighted by atomic mass is 9.94. The molecule has 2 fully saturated rings. The Balaban J connectivity index is 1.02. The molecule has 2 saturated heterocycles. The fraction of sp³-hybridized carbons (Fsp3) is 0.529. The van der Waals surface area contributed by atoms with Crippen LogP contribution in [0.25, 0.3) is 10.9 Å². The number of rotatable bonds is 19. The number of benzene rings is 3. The number of nitrogens with zero attached hydrogens (tertiary/aromatic N) is 4. The van der Waals surface area contributed by atoms with Gasteiger partial charge in [-0.05, 0) is 159 Å². The maximum Gasteiger partial charge on any atom is 0.264 e. The van der Waals surface area contributed by atoms with Crippen LogP contribution >= 0.6 is 0 Å². The Morgan fingerprint density at radius 3 is 2.06 bits per heavy atom. The van der Waals surface area contributed by atoms with E-state index in [0.29, 0.717) is 91.4 Å². The Morgan fingerprint density at radius 1 is 0.717 bits per heavy atom. The van der Waals surface area contributed by atoms with Crippen molar-refractivity contribution >= 4 is 86.0 Å². The number of fused-ring (bicyclic) bond motifs is 4. The molecule has 29 heteroatoms. The number of H-pyrrole nitrogens is 1. The average molecular weight is 1390 g/mol. The van der Waals surface area contributed by atoms with Crippen LogP contribution in [0.5, 0.6) is 5.75 Å². The molecule has 15 N–H and O–H groups in total. The van der Waals surface area contributed by atoms with E-state index < -0.39 is 111 Å². The van der Waals surface area contributed by atoms with E-state index >= 15 is 9.59 Å². The quantitative estimate of drug-likeness (QED) is 0.0277. The lowest BCUT2D eigenvalue weighted by molar-refractivity contribution is -0.143. The highest BCUT2D eigenvalue weighted by Crippen LogP contribution is 2.44. The highest BCUT2D eigenvalue weighted by molar-refractivity contribution is 7.90. The second-order valence-corrected chi connectivity index (χ2v) is 28.3. The summed E-state index contributed by atoms with van der Waals surface area (Å²) in [7, 11) is -4.24. The summed E-state index contributed by atoms with van der Waals surface area (Å²) < 4.78 is 36.6. The Labute approximate surface area is 578 Å². The lowest BCUT2D eigenvalue weighted by Gasteiger charge is -2.31. The number of sulfonamides is 1. The van der Waals surface area contributed by atoms with E-state index in [2.05, 4.69) is 56.9 Å². The fourth-order valence-electron chi connectivity index (χ4n) is 13.4. The summed E-state index contributed by atoms with van der Waals surface area (Å²) in [4.78, 5) is 144. The number of hydrogen-bond donors (Lipinski definition) is 12. The SMILES string of the molecule is CC(=O)N[C@@H](CCCN=C(N)N)C(=O)N[C@@H](Cc1c[nH]c2ccccc12)C(=O)N[C@H]1CCC/C=C/CCCNC(=O)[C@@H]2CCCN2C(=O)[C@H](CCCN=C(N)NS(=O)(=O)c2c(C)c(C)c3c(c2C)CC(C)(C)O3)NC(=O)[C@H](C)NC(=O)[C@@H]2CCCN2C(=O)[C@H](Cc2ccccc2)NC1=O. The van der Waals surface area contributed by atoms with E-state index in [1.54, 1.807) is 50.4 Å². The maximum absolute atomic E-state index is 15.2. The van der Waals surface area contributed by atoms with Gasteiger partial charge in [-0.25, -0.2) is 13.1 Å². The van der Waals surface area contributed by atoms with Gasteiger partial charge in [-0.2, -0.15) is 0 Å². The van der Waals surface area contributed by atoms with E-state index in [0.717, 1.165) is 16.5 Å². The molecule has 9 amide bonds. The number of aromatic nitrogens is 1. The van der Waals surface area contributed by atoms with Crippen molar-refractivity contribution in [2.75, 3.05) is 32.7 Å². The number of hydrogen-bond acceptors (Lipinski definition) is 14. The van der Waals surface area contributed by atoms with E-state index in [4.69, 9.17) is 21.9 Å². The molecule has 0 spiro atoms. The van der Waals surface area contributed by atoms with Crippen LogP contribution in [-0.4, -0.2) is 175 Å². The van der Waals surface area contributed by atoms with Crippen molar-refractivity contribution in [3.8, 4) is 5.75 Å². The van der Waals surface area contributed by atoms with Gasteiger partial charge in [-0.3, -0.25) is 53.1 Å². The van der Waals surface area contributed by atoms with Crippen LogP contribution < -0.4 is 63.9 Å². The number of nitrogens with two attached hydrogens (primary N) is 3. The third kappa shape index (κ3) is 20.1. The van der Waals surface area contributed by atoms with Crippen molar-refractivity contribution in [2.24, 2.45) is 27.2 Å². The average Bonchev–Trinajstić information content (AvgIpc) is 1.64. The summed E-state index contributed by atoms with van der Waals surface area (Å²) in [5.41, 5.74) is 21.5. The number of allylic oxidation sites excluding steroid dienone is 2. The number of carbonyl (C=O) groups excluding carboxylic acids is 9. The summed E-state index contributed by atoms with van der Waals surface area (Å²) in [5.74, 6) is -5.39. The zero-order chi connectivity index (χ0) is 71.7. The van der Waals surface area contributed by atoms with Gasteiger partial charge in [0.25, 0.3) is 10.0 Å². The molecule has 4 aliphatic rings. The third-order valence-corrected chi connectivity index (χ3v) is 20.2. The number of carbonyl (C=O) groups is 9. The molecule has 1 aromatic heterocycles. The van der Waals surface area contributed by atoms with Gasteiger partial charge in [0, 0.05) is 81.6 Å². The molecule has 0 radical (unpaired) electrons. The van der Waals surface area contributed by atoms with Crippen molar-refractivity contribution in [1.82, 2.24) is 56.7 Å². The van der Waals surface area contributed by atoms with Crippen LogP contribution in [0.1, 0.15) is 145 Å². The highest BCUT2D eigenvalue weighted by Gasteiger charge is 2.42. The standard InChI is InChI=1S/C70H98N16O12S/c1-41-42(2)59(43(3)49-39-70(6,7)98-58(41)49)99(96,97)84-69(73)76-34-20-29-53-66(94)85-35-21-30-56(85)64(92)74-32-18-11-9-8-10-15-27-52(62(90)83-55(37-46-23-13-12-14-24-46)67(95)86-36-22-31-57(86)65(93)78-44(4)60(88)81-53)80-63(91)54(38-47-40-77-50-26-17-16-25-48(47)50)82-61(89)51(79-45(5)87)28-19-33-75-68(71)72/h8-9,12-14,16-17,23-26,40,44,51-57,77H,10-11,15,18-22,27-39H2,1-7H3,(H,74,92)(H,78,93)(H,79,87)(H,80,91)(H,81,88)(H,82,89)(H,83,90)(H4,71,72,75)(H3,73,76,84)/b9-8+/t44-,51-,52-,53-,54-,55-,56-,57-/m0/s1. The fourth-order valence-corrected chi connectivity index (χ4v) is 14.9. The number of nitrogens with one attached hydrogen (secondary N) is 9. The van der Waals surface area contributed by atoms with Crippen LogP contribution in [0, 0.1) is 20.8 Å². The van der Waals surface area contributed by atoms with E-state index in [1.165, 1.54) is 23.6 Å². The smallest absolute Gasteiger partial charge is 0.264 e. The predicted molar refractivity (Wildman–Crippen MR) is 375 cm³/mol. The molecule has 3 aromatic carbocycles. The van der Waals surface area contributed by atoms with Crippen LogP contribution in [0.4, 0.5) is 0 Å². The maximum atomic E-state index is 15.2. The number of aromatic amines is 1. The third-order valence-electron chi connectivity index (χ3n) is 18.6. The summed E-state index contributed by atoms with van der Waals surface area (Å²) >= 11 is 0. The summed E-state index contributed by atoms with van der Waals surface area (Å²) in [5, 5.41) is 20.7. The van der Waals surface area contributed by atoms with Crippen LogP contribution in [0.15, 0.2) is 87.8 Å². The Kier molecular flexibility index (Phi) is 26.1. The monoisotopic (exact) mass is 1390 g/mol. The first-order chi connectivity index (χ1) is 47.1. The number of para-hydroxylation sites is 1. The van der Waals surface area contributed by atoms with Gasteiger partial charge in [0.15, 0.2) is 5.96 Å². The van der Waals surface area contributed by atoms with Gasteiger partial charge < -0.3 is 73.9 Å². The molecular formula is C70H98N16O12S. The normalized spacial score (nSPS) is 22.4. The van der Waals surface area contributed by atoms with Crippen LogP contribution in [-0.2, 0) is 72.4 Å². The number of guanidine groups is 2. The van der Waals surface area contributed by atoms with Crippen molar-refractivity contribution < 1.29 is 56.3 Å². The van der Waals surface area contributed by atoms with Gasteiger partial charge in [0.1, 0.15) is 59.7 Å². The molecule has 8 rings (SSSR count). The minimum atomic E-state index is -4.24. The number of aliphatic imine (C=N–C) groups is 2. The second kappa shape index (κ2) is 34.3. The van der Waals surface area contributed by atoms with Gasteiger partial charge >= 0.3 is 0 Å². The molecule has 99 heavy (non-hydrogen) atoms. The number of amides is 9. The van der Waals surface area contributed by atoms with Crippen molar-refractivity contribution in [3.05, 3.63) is 106 Å². The van der Waals surface area contributed by atoms with Gasteiger partial charge in [0.05, 0.1) is 4.90 Å². The molecule has 0 bridgehead atoms. The first kappa shape index (κ1) is 75.2. The van der Waals surface area contributed by atoms with Crippen LogP contribution in [0.3, 0.4) is 0 Å². The van der Waals surface area contributed by atoms with Crippen molar-refractivity contribution in [2.45, 2.75) is 210 Å². The van der Waals surface area contributed by atoms with Crippen molar-refractivity contribution in [1.29, 1.82) is 0 Å². The topological polar surface area (TPSA) is 418 Å². The lowest BCUT2D eigenvalue weighted by Crippen LogP contribution is -2.60. The predicted octanol–water partition coefficient (Wildman–Crippen LogP) is 2.29. The number of ether oxygens (including phenoxy) is 1. The molecular weight excluding hydrogens is 1290 g/mol. The summed E-state index contributed by atoms with van der Waals surface area (Å²) in [6.07, 6.45) is 9.99. The van der Waals surface area contributed by atoms with Gasteiger partial charge in [-0.1, -0.05) is 60.7 Å². The van der Waals surface area contributed by atoms with Gasteiger partial charge in [-0.15, -0.1) is 0 Å². The first-order valence-electron chi connectivity index (χ1n) is 34.2. The van der Waals surface area contributed by atoms with Gasteiger partial charge in [0.2, 0.25) is 59.1 Å². The zero-order valence-corrected chi connectivity index (χ0v) is 58.5. The molecule has 0 unspecified atom stereocenters. The minimum absolute atomic E-state index is 0.0180. The molecule has 5 heterocycles. The molecule has 4 aromatic rings. The molecule has 4 aliphatic heterocycles. The Hall–Kier alpha value is -9.54. The summed E-state index contributed by atoms with van der Waals surface area (Å²) in [6.45, 7) is 12.5. The molecule has 536 valence electrons. The van der Waals surface area contributed by atoms with E-state index in [9.17, 15) is 42.0 Å². The molecule has 0 saturated carbocycles. The second-order valence-electron chi connectivity index (χ2n) is 26.7. The molecule has 28 nitrogen and oxygen atoms in total. The molecule has 8 atom stereocenters. The first-order valence-corrected chi connectivity index (χ1v) is 35.7. The van der Waals surface area contributed by atoms with E-state index in [1.807, 2.05) is 57.2 Å². The highest BCUT2D eigenvalue weighted by atomic mass is 32.2. The van der Waals surface area contributed by atoms with E-state index in [-0.39, 0.29) is 100 Å².